The molecule has 5 nitrogen and oxygen atoms in total. The lowest BCUT2D eigenvalue weighted by molar-refractivity contribution is 0.157. The van der Waals surface area contributed by atoms with Crippen molar-refractivity contribution in [2.45, 2.75) is 37.8 Å². The lowest BCUT2D eigenvalue weighted by Gasteiger charge is -2.27. The van der Waals surface area contributed by atoms with E-state index in [1.807, 2.05) is 0 Å². The number of hydrogen-bond acceptors (Lipinski definition) is 5. The molecule has 0 radical (unpaired) electrons. The first-order chi connectivity index (χ1) is 11.2. The Bertz CT molecular complexity index is 602. The van der Waals surface area contributed by atoms with Gasteiger partial charge in [-0.05, 0) is 37.0 Å². The molecule has 2 aliphatic rings. The van der Waals surface area contributed by atoms with Crippen LogP contribution in [-0.2, 0) is 0 Å². The number of ether oxygens (including phenoxy) is 2. The summed E-state index contributed by atoms with van der Waals surface area (Å²) >= 11 is 6.21. The second-order valence-electron chi connectivity index (χ2n) is 6.14. The van der Waals surface area contributed by atoms with Gasteiger partial charge in [-0.25, -0.2) is 0 Å². The van der Waals surface area contributed by atoms with Gasteiger partial charge in [-0.1, -0.05) is 18.0 Å². The topological polar surface area (TPSA) is 74.5 Å². The molecule has 0 unspecified atom stereocenters. The molecule has 2 N–H and O–H groups in total. The van der Waals surface area contributed by atoms with Crippen molar-refractivity contribution >= 4 is 11.6 Å². The van der Waals surface area contributed by atoms with Crippen molar-refractivity contribution in [1.29, 1.82) is 5.26 Å². The van der Waals surface area contributed by atoms with Gasteiger partial charge in [0.1, 0.15) is 13.2 Å². The Labute approximate surface area is 141 Å². The molecule has 0 aromatic heterocycles. The van der Waals surface area contributed by atoms with E-state index >= 15 is 0 Å². The van der Waals surface area contributed by atoms with E-state index in [1.54, 1.807) is 12.1 Å². The Hall–Kier alpha value is -1.48. The number of benzene rings is 1. The van der Waals surface area contributed by atoms with Crippen molar-refractivity contribution in [3.8, 4) is 17.6 Å². The standard InChI is InChI=1S/C17H21ClN2O3/c18-14-7-12(8-16-17(14)23-5-4-22-16)15(21)10-20-13-3-1-2-11(6-13)9-19/h7-8,11,13,15,20-21H,1-6,10H2/t11-,13-,15-/m1/s1. The quantitative estimate of drug-likeness (QED) is 0.884. The van der Waals surface area contributed by atoms with Crippen molar-refractivity contribution in [2.75, 3.05) is 19.8 Å². The van der Waals surface area contributed by atoms with Gasteiger partial charge in [0.05, 0.1) is 17.2 Å². The van der Waals surface area contributed by atoms with Crippen LogP contribution in [0.25, 0.3) is 0 Å². The molecule has 1 saturated carbocycles. The molecule has 1 aromatic rings. The first-order valence-electron chi connectivity index (χ1n) is 8.07. The van der Waals surface area contributed by atoms with E-state index in [-0.39, 0.29) is 12.0 Å². The van der Waals surface area contributed by atoms with Crippen LogP contribution >= 0.6 is 11.6 Å². The summed E-state index contributed by atoms with van der Waals surface area (Å²) in [4.78, 5) is 0. The Morgan fingerprint density at radius 1 is 1.35 bits per heavy atom. The van der Waals surface area contributed by atoms with Crippen LogP contribution in [0.3, 0.4) is 0 Å². The molecule has 0 amide bonds. The van der Waals surface area contributed by atoms with E-state index in [2.05, 4.69) is 11.4 Å². The van der Waals surface area contributed by atoms with E-state index in [0.29, 0.717) is 41.8 Å². The number of fused-ring (bicyclic) bond motifs is 1. The zero-order chi connectivity index (χ0) is 16.2. The highest BCUT2D eigenvalue weighted by Crippen LogP contribution is 2.39. The molecular formula is C17H21ClN2O3. The fourth-order valence-electron chi connectivity index (χ4n) is 3.21. The number of rotatable bonds is 4. The van der Waals surface area contributed by atoms with Crippen LogP contribution in [0.4, 0.5) is 0 Å². The molecule has 23 heavy (non-hydrogen) atoms. The molecule has 1 aromatic carbocycles. The van der Waals surface area contributed by atoms with Gasteiger partial charge in [0, 0.05) is 18.5 Å². The van der Waals surface area contributed by atoms with Crippen LogP contribution in [0, 0.1) is 17.2 Å². The minimum Gasteiger partial charge on any atom is -0.486 e. The van der Waals surface area contributed by atoms with E-state index in [1.165, 1.54) is 0 Å². The minimum atomic E-state index is -0.675. The second kappa shape index (κ2) is 7.39. The van der Waals surface area contributed by atoms with Crippen molar-refractivity contribution in [3.63, 3.8) is 0 Å². The van der Waals surface area contributed by atoms with Gasteiger partial charge in [-0.15, -0.1) is 0 Å². The van der Waals surface area contributed by atoms with E-state index < -0.39 is 6.10 Å². The average molecular weight is 337 g/mol. The highest BCUT2D eigenvalue weighted by Gasteiger charge is 2.23. The lowest BCUT2D eigenvalue weighted by atomic mass is 9.86. The smallest absolute Gasteiger partial charge is 0.179 e. The summed E-state index contributed by atoms with van der Waals surface area (Å²) in [5, 5.41) is 23.3. The number of hydrogen-bond donors (Lipinski definition) is 2. The van der Waals surface area contributed by atoms with Crippen molar-refractivity contribution in [1.82, 2.24) is 5.32 Å². The maximum Gasteiger partial charge on any atom is 0.179 e. The summed E-state index contributed by atoms with van der Waals surface area (Å²) < 4.78 is 11.0. The predicted octanol–water partition coefficient (Wildman–Crippen LogP) is 2.82. The molecule has 0 bridgehead atoms. The van der Waals surface area contributed by atoms with Crippen LogP contribution in [-0.4, -0.2) is 30.9 Å². The fraction of sp³-hybridized carbons (Fsp3) is 0.588. The maximum absolute atomic E-state index is 10.4. The molecule has 0 spiro atoms. The molecule has 6 heteroatoms. The SMILES string of the molecule is N#C[C@@H]1CCC[C@@H](NC[C@@H](O)c2cc(Cl)c3c(c2)OCCO3)C1. The number of nitrogens with zero attached hydrogens (tertiary/aromatic N) is 1. The average Bonchev–Trinajstić information content (AvgIpc) is 2.60. The first kappa shape index (κ1) is 16.4. The monoisotopic (exact) mass is 336 g/mol. The third kappa shape index (κ3) is 3.89. The summed E-state index contributed by atoms with van der Waals surface area (Å²) in [5.41, 5.74) is 0.708. The molecule has 1 aliphatic carbocycles. The summed E-state index contributed by atoms with van der Waals surface area (Å²) in [6.07, 6.45) is 3.26. The van der Waals surface area contributed by atoms with E-state index in [4.69, 9.17) is 26.3 Å². The van der Waals surface area contributed by atoms with Crippen LogP contribution in [0.5, 0.6) is 11.5 Å². The number of aliphatic hydroxyl groups excluding tert-OH is 1. The van der Waals surface area contributed by atoms with Crippen LogP contribution in [0.2, 0.25) is 5.02 Å². The van der Waals surface area contributed by atoms with Gasteiger partial charge < -0.3 is 19.9 Å². The van der Waals surface area contributed by atoms with Gasteiger partial charge in [0.25, 0.3) is 0 Å². The summed E-state index contributed by atoms with van der Waals surface area (Å²) in [6, 6.07) is 6.14. The Morgan fingerprint density at radius 2 is 2.17 bits per heavy atom. The number of halogens is 1. The summed E-state index contributed by atoms with van der Waals surface area (Å²) in [7, 11) is 0. The van der Waals surface area contributed by atoms with Crippen molar-refractivity contribution < 1.29 is 14.6 Å². The Morgan fingerprint density at radius 3 is 3.00 bits per heavy atom. The van der Waals surface area contributed by atoms with Gasteiger partial charge >= 0.3 is 0 Å². The van der Waals surface area contributed by atoms with Crippen LogP contribution in [0.15, 0.2) is 12.1 Å². The third-order valence-electron chi connectivity index (χ3n) is 4.46. The van der Waals surface area contributed by atoms with E-state index in [0.717, 1.165) is 25.7 Å². The summed E-state index contributed by atoms with van der Waals surface area (Å²) in [5.74, 6) is 1.26. The fourth-order valence-corrected chi connectivity index (χ4v) is 3.49. The van der Waals surface area contributed by atoms with Gasteiger partial charge in [0.15, 0.2) is 11.5 Å². The second-order valence-corrected chi connectivity index (χ2v) is 6.55. The van der Waals surface area contributed by atoms with Gasteiger partial charge in [-0.3, -0.25) is 0 Å². The Kier molecular flexibility index (Phi) is 5.27. The minimum absolute atomic E-state index is 0.127. The van der Waals surface area contributed by atoms with Crippen LogP contribution < -0.4 is 14.8 Å². The maximum atomic E-state index is 10.4. The normalized spacial score (nSPS) is 24.7. The predicted molar refractivity (Wildman–Crippen MR) is 86.8 cm³/mol. The highest BCUT2D eigenvalue weighted by molar-refractivity contribution is 6.32. The lowest BCUT2D eigenvalue weighted by Crippen LogP contribution is -2.36. The molecule has 1 aliphatic heterocycles. The zero-order valence-electron chi connectivity index (χ0n) is 12.9. The van der Waals surface area contributed by atoms with Gasteiger partial charge in [0.2, 0.25) is 0 Å². The molecule has 3 rings (SSSR count). The van der Waals surface area contributed by atoms with Crippen molar-refractivity contribution in [2.24, 2.45) is 5.92 Å². The molecule has 1 fully saturated rings. The molecule has 0 saturated heterocycles. The number of nitriles is 1. The highest BCUT2D eigenvalue weighted by atomic mass is 35.5. The van der Waals surface area contributed by atoms with Crippen molar-refractivity contribution in [3.05, 3.63) is 22.7 Å². The zero-order valence-corrected chi connectivity index (χ0v) is 13.7. The Balaban J connectivity index is 1.61. The molecule has 124 valence electrons. The van der Waals surface area contributed by atoms with E-state index in [9.17, 15) is 5.11 Å². The molecule has 3 atom stereocenters. The number of nitrogens with one attached hydrogen (secondary N) is 1. The molecule has 1 heterocycles. The van der Waals surface area contributed by atoms with Crippen LogP contribution in [0.1, 0.15) is 37.4 Å². The van der Waals surface area contributed by atoms with Gasteiger partial charge in [-0.2, -0.15) is 5.26 Å². The first-order valence-corrected chi connectivity index (χ1v) is 8.45. The third-order valence-corrected chi connectivity index (χ3v) is 4.74. The molecular weight excluding hydrogens is 316 g/mol. The summed E-state index contributed by atoms with van der Waals surface area (Å²) in [6.45, 7) is 1.40. The number of aliphatic hydroxyl groups is 1. The largest absolute Gasteiger partial charge is 0.486 e.